The van der Waals surface area contributed by atoms with Crippen LogP contribution < -0.4 is 0 Å². The van der Waals surface area contributed by atoms with Crippen LogP contribution in [0.25, 0.3) is 10.9 Å². The van der Waals surface area contributed by atoms with Crippen LogP contribution in [0.2, 0.25) is 0 Å². The highest BCUT2D eigenvalue weighted by molar-refractivity contribution is 7.89. The molecular weight excluding hydrogens is 398 g/mol. The van der Waals surface area contributed by atoms with E-state index in [9.17, 15) is 13.2 Å². The van der Waals surface area contributed by atoms with Crippen molar-refractivity contribution in [2.24, 2.45) is 0 Å². The third-order valence-electron chi connectivity index (χ3n) is 5.51. The molecule has 1 aliphatic rings. The molecule has 156 valence electrons. The molecule has 0 bridgehead atoms. The van der Waals surface area contributed by atoms with E-state index in [0.717, 1.165) is 27.7 Å². The topological polar surface area (TPSA) is 70.6 Å². The minimum absolute atomic E-state index is 0.0801. The Labute approximate surface area is 177 Å². The molecule has 0 atom stereocenters. The molecule has 30 heavy (non-hydrogen) atoms. The number of hydrogen-bond donors (Lipinski definition) is 0. The number of piperazine rings is 1. The highest BCUT2D eigenvalue weighted by Gasteiger charge is 2.31. The Kier molecular flexibility index (Phi) is 5.34. The molecule has 1 aliphatic heterocycles. The Morgan fingerprint density at radius 3 is 2.17 bits per heavy atom. The summed E-state index contributed by atoms with van der Waals surface area (Å²) in [4.78, 5) is 19.8. The molecule has 0 spiro atoms. The quantitative estimate of drug-likeness (QED) is 0.648. The van der Waals surface area contributed by atoms with Crippen LogP contribution in [0.4, 0.5) is 0 Å². The number of sulfonamides is 1. The lowest BCUT2D eigenvalue weighted by atomic mass is 10.0. The van der Waals surface area contributed by atoms with Gasteiger partial charge in [0.05, 0.1) is 16.0 Å². The summed E-state index contributed by atoms with van der Waals surface area (Å²) in [7, 11) is -3.55. The zero-order valence-electron chi connectivity index (χ0n) is 17.4. The maximum atomic E-state index is 13.3. The Morgan fingerprint density at radius 2 is 1.50 bits per heavy atom. The number of carbonyl (C=O) groups is 1. The van der Waals surface area contributed by atoms with Crippen LogP contribution >= 0.6 is 0 Å². The van der Waals surface area contributed by atoms with Crippen LogP contribution in [0.15, 0.2) is 53.4 Å². The van der Waals surface area contributed by atoms with Gasteiger partial charge in [-0.05, 0) is 51.1 Å². The second kappa shape index (κ2) is 7.81. The molecule has 0 saturated carbocycles. The Balaban J connectivity index is 1.55. The fourth-order valence-corrected chi connectivity index (χ4v) is 5.23. The number of fused-ring (bicyclic) bond motifs is 1. The first kappa shape index (κ1) is 20.5. The molecule has 1 aromatic heterocycles. The summed E-state index contributed by atoms with van der Waals surface area (Å²) in [6.45, 7) is 7.07. The molecule has 1 amide bonds. The summed E-state index contributed by atoms with van der Waals surface area (Å²) >= 11 is 0. The minimum atomic E-state index is -3.55. The lowest BCUT2D eigenvalue weighted by Crippen LogP contribution is -2.50. The molecule has 2 aromatic carbocycles. The third kappa shape index (κ3) is 3.82. The van der Waals surface area contributed by atoms with E-state index < -0.39 is 10.0 Å². The van der Waals surface area contributed by atoms with Gasteiger partial charge in [0.1, 0.15) is 0 Å². The first-order valence-corrected chi connectivity index (χ1v) is 11.4. The van der Waals surface area contributed by atoms with Crippen LogP contribution in [0.1, 0.15) is 27.2 Å². The number of benzene rings is 2. The van der Waals surface area contributed by atoms with Crippen molar-refractivity contribution in [1.82, 2.24) is 14.2 Å². The zero-order valence-corrected chi connectivity index (χ0v) is 18.2. The van der Waals surface area contributed by atoms with Crippen molar-refractivity contribution in [2.45, 2.75) is 25.7 Å². The number of nitrogens with zero attached hydrogens (tertiary/aromatic N) is 3. The summed E-state index contributed by atoms with van der Waals surface area (Å²) in [5.74, 6) is -0.0801. The second-order valence-electron chi connectivity index (χ2n) is 7.84. The highest BCUT2D eigenvalue weighted by atomic mass is 32.2. The summed E-state index contributed by atoms with van der Waals surface area (Å²) in [6.07, 6.45) is 0. The number of amides is 1. The Bertz CT molecular complexity index is 1210. The van der Waals surface area contributed by atoms with E-state index in [1.54, 1.807) is 29.2 Å². The van der Waals surface area contributed by atoms with Gasteiger partial charge < -0.3 is 4.90 Å². The number of pyridine rings is 1. The first-order valence-electron chi connectivity index (χ1n) is 10.00. The van der Waals surface area contributed by atoms with Crippen molar-refractivity contribution >= 4 is 26.8 Å². The van der Waals surface area contributed by atoms with Gasteiger partial charge in [0.15, 0.2) is 0 Å². The smallest absolute Gasteiger partial charge is 0.254 e. The van der Waals surface area contributed by atoms with Gasteiger partial charge in [-0.1, -0.05) is 29.3 Å². The van der Waals surface area contributed by atoms with Gasteiger partial charge in [0.25, 0.3) is 5.91 Å². The average molecular weight is 424 g/mol. The largest absolute Gasteiger partial charge is 0.336 e. The van der Waals surface area contributed by atoms with Gasteiger partial charge in [-0.15, -0.1) is 0 Å². The predicted molar refractivity (Wildman–Crippen MR) is 117 cm³/mol. The van der Waals surface area contributed by atoms with Crippen molar-refractivity contribution in [2.75, 3.05) is 26.2 Å². The normalized spacial score (nSPS) is 15.5. The number of carbonyl (C=O) groups excluding carboxylic acids is 1. The Morgan fingerprint density at radius 1 is 0.867 bits per heavy atom. The molecule has 3 aromatic rings. The van der Waals surface area contributed by atoms with Crippen molar-refractivity contribution in [1.29, 1.82) is 0 Å². The number of hydrogen-bond acceptors (Lipinski definition) is 4. The number of rotatable bonds is 3. The van der Waals surface area contributed by atoms with E-state index in [4.69, 9.17) is 0 Å². The molecule has 0 unspecified atom stereocenters. The number of aryl methyl sites for hydroxylation is 3. The van der Waals surface area contributed by atoms with Gasteiger partial charge >= 0.3 is 0 Å². The molecule has 7 heteroatoms. The van der Waals surface area contributed by atoms with Gasteiger partial charge in [-0.25, -0.2) is 8.42 Å². The zero-order chi connectivity index (χ0) is 21.5. The van der Waals surface area contributed by atoms with E-state index in [1.807, 2.05) is 45.0 Å². The highest BCUT2D eigenvalue weighted by Crippen LogP contribution is 2.23. The molecule has 6 nitrogen and oxygen atoms in total. The lowest BCUT2D eigenvalue weighted by Gasteiger charge is -2.34. The lowest BCUT2D eigenvalue weighted by molar-refractivity contribution is 0.0699. The van der Waals surface area contributed by atoms with Gasteiger partial charge in [0, 0.05) is 37.3 Å². The van der Waals surface area contributed by atoms with Crippen LogP contribution in [-0.2, 0) is 10.0 Å². The van der Waals surface area contributed by atoms with Crippen LogP contribution in [0, 0.1) is 20.8 Å². The van der Waals surface area contributed by atoms with E-state index in [1.165, 1.54) is 4.31 Å². The van der Waals surface area contributed by atoms with E-state index in [-0.39, 0.29) is 19.0 Å². The van der Waals surface area contributed by atoms with Crippen molar-refractivity contribution < 1.29 is 13.2 Å². The fourth-order valence-electron chi connectivity index (χ4n) is 3.81. The predicted octanol–water partition coefficient (Wildman–Crippen LogP) is 3.31. The van der Waals surface area contributed by atoms with Crippen LogP contribution in [0.3, 0.4) is 0 Å². The van der Waals surface area contributed by atoms with Crippen LogP contribution in [-0.4, -0.2) is 54.7 Å². The van der Waals surface area contributed by atoms with Gasteiger partial charge in [0.2, 0.25) is 10.0 Å². The van der Waals surface area contributed by atoms with Crippen molar-refractivity contribution in [3.8, 4) is 0 Å². The van der Waals surface area contributed by atoms with Gasteiger partial charge in [-0.3, -0.25) is 9.78 Å². The summed E-state index contributed by atoms with van der Waals surface area (Å²) in [6, 6.07) is 14.6. The monoisotopic (exact) mass is 423 g/mol. The number of aromatic nitrogens is 1. The molecule has 1 fully saturated rings. The molecule has 1 saturated heterocycles. The van der Waals surface area contributed by atoms with E-state index in [2.05, 4.69) is 4.98 Å². The second-order valence-corrected chi connectivity index (χ2v) is 9.78. The maximum Gasteiger partial charge on any atom is 0.254 e. The molecule has 0 aliphatic carbocycles. The molecule has 4 rings (SSSR count). The van der Waals surface area contributed by atoms with Crippen LogP contribution in [0.5, 0.6) is 0 Å². The average Bonchev–Trinajstić information content (AvgIpc) is 2.73. The summed E-state index contributed by atoms with van der Waals surface area (Å²) in [5.41, 5.74) is 4.28. The summed E-state index contributed by atoms with van der Waals surface area (Å²) in [5, 5.41) is 0.834. The van der Waals surface area contributed by atoms with E-state index >= 15 is 0 Å². The van der Waals surface area contributed by atoms with Crippen molar-refractivity contribution in [3.63, 3.8) is 0 Å². The van der Waals surface area contributed by atoms with Crippen molar-refractivity contribution in [3.05, 3.63) is 70.9 Å². The maximum absolute atomic E-state index is 13.3. The first-order chi connectivity index (χ1) is 14.3. The SMILES string of the molecule is Cc1ccc(S(=O)(=O)N2CCN(C(=O)c3cc(C)nc4ccc(C)cc34)CC2)cc1. The molecule has 0 N–H and O–H groups in total. The standard InChI is InChI=1S/C23H25N3O3S/c1-16-4-7-19(8-5-16)30(28,29)26-12-10-25(11-13-26)23(27)21-15-18(3)24-22-9-6-17(2)14-20(21)22/h4-9,14-15H,10-13H2,1-3H3. The third-order valence-corrected chi connectivity index (χ3v) is 7.42. The Hall–Kier alpha value is -2.77. The molecule has 2 heterocycles. The van der Waals surface area contributed by atoms with Gasteiger partial charge in [-0.2, -0.15) is 4.31 Å². The summed E-state index contributed by atoms with van der Waals surface area (Å²) < 4.78 is 27.3. The molecule has 0 radical (unpaired) electrons. The van der Waals surface area contributed by atoms with E-state index in [0.29, 0.717) is 23.5 Å². The fraction of sp³-hybridized carbons (Fsp3) is 0.304. The minimum Gasteiger partial charge on any atom is -0.336 e. The molecular formula is C23H25N3O3S.